The molecule has 0 radical (unpaired) electrons. The van der Waals surface area contributed by atoms with Crippen molar-refractivity contribution in [2.24, 2.45) is 5.92 Å². The van der Waals surface area contributed by atoms with E-state index in [0.717, 1.165) is 38.9 Å². The summed E-state index contributed by atoms with van der Waals surface area (Å²) in [7, 11) is 0. The first kappa shape index (κ1) is 15.3. The second kappa shape index (κ2) is 6.63. The minimum atomic E-state index is -0.213. The lowest BCUT2D eigenvalue weighted by Gasteiger charge is -2.40. The Balaban J connectivity index is 1.61. The van der Waals surface area contributed by atoms with Crippen LogP contribution in [0.25, 0.3) is 0 Å². The van der Waals surface area contributed by atoms with Gasteiger partial charge in [0.05, 0.1) is 31.5 Å². The van der Waals surface area contributed by atoms with Crippen molar-refractivity contribution in [3.63, 3.8) is 0 Å². The minimum absolute atomic E-state index is 0.142. The van der Waals surface area contributed by atoms with E-state index in [9.17, 15) is 4.79 Å². The van der Waals surface area contributed by atoms with Gasteiger partial charge in [0, 0.05) is 19.1 Å². The quantitative estimate of drug-likeness (QED) is 0.791. The summed E-state index contributed by atoms with van der Waals surface area (Å²) in [5.41, 5.74) is 0. The fraction of sp³-hybridized carbons (Fsp3) is 0.938. The summed E-state index contributed by atoms with van der Waals surface area (Å²) in [5.74, 6) is 0.591. The van der Waals surface area contributed by atoms with Crippen LogP contribution in [0.3, 0.4) is 0 Å². The smallest absolute Gasteiger partial charge is 0.252 e. The van der Waals surface area contributed by atoms with Gasteiger partial charge in [-0.05, 0) is 39.5 Å². The summed E-state index contributed by atoms with van der Waals surface area (Å²) in [5, 5.41) is 0. The van der Waals surface area contributed by atoms with Gasteiger partial charge < -0.3 is 19.1 Å². The van der Waals surface area contributed by atoms with Crippen molar-refractivity contribution >= 4 is 5.91 Å². The van der Waals surface area contributed by atoms with Gasteiger partial charge in [-0.15, -0.1) is 0 Å². The molecule has 1 aliphatic carbocycles. The molecule has 0 aromatic carbocycles. The molecule has 2 saturated heterocycles. The van der Waals surface area contributed by atoms with Crippen LogP contribution >= 0.6 is 0 Å². The average Bonchev–Trinajstić information content (AvgIpc) is 3.13. The molecule has 1 saturated carbocycles. The first-order valence-corrected chi connectivity index (χ1v) is 8.32. The number of amides is 1. The summed E-state index contributed by atoms with van der Waals surface area (Å²) < 4.78 is 17.3. The molecule has 1 amide bonds. The molecule has 0 aromatic heterocycles. The molecule has 4 atom stereocenters. The topological polar surface area (TPSA) is 48.0 Å². The van der Waals surface area contributed by atoms with Gasteiger partial charge in [-0.2, -0.15) is 0 Å². The Labute approximate surface area is 126 Å². The van der Waals surface area contributed by atoms with E-state index < -0.39 is 0 Å². The Kier molecular flexibility index (Phi) is 4.82. The summed E-state index contributed by atoms with van der Waals surface area (Å²) in [6.07, 6.45) is 4.15. The molecule has 0 unspecified atom stereocenters. The highest BCUT2D eigenvalue weighted by molar-refractivity contribution is 5.81. The van der Waals surface area contributed by atoms with Gasteiger partial charge in [0.2, 0.25) is 0 Å². The molecule has 3 rings (SSSR count). The second-order valence-corrected chi connectivity index (χ2v) is 6.66. The largest absolute Gasteiger partial charge is 0.378 e. The highest BCUT2D eigenvalue weighted by atomic mass is 16.5. The molecule has 2 aliphatic heterocycles. The Morgan fingerprint density at radius 3 is 2.81 bits per heavy atom. The third-order valence-corrected chi connectivity index (χ3v) is 4.85. The van der Waals surface area contributed by atoms with E-state index in [1.165, 1.54) is 0 Å². The number of hydrogen-bond acceptors (Lipinski definition) is 4. The van der Waals surface area contributed by atoms with Crippen LogP contribution in [0.5, 0.6) is 0 Å². The van der Waals surface area contributed by atoms with Crippen molar-refractivity contribution in [3.05, 3.63) is 0 Å². The van der Waals surface area contributed by atoms with Crippen LogP contribution in [0, 0.1) is 5.92 Å². The molecule has 0 bridgehead atoms. The van der Waals surface area contributed by atoms with E-state index in [4.69, 9.17) is 14.2 Å². The first-order valence-electron chi connectivity index (χ1n) is 8.32. The van der Waals surface area contributed by atoms with E-state index in [1.54, 1.807) is 0 Å². The third-order valence-electron chi connectivity index (χ3n) is 4.85. The van der Waals surface area contributed by atoms with Gasteiger partial charge >= 0.3 is 0 Å². The zero-order valence-electron chi connectivity index (χ0n) is 13.1. The van der Waals surface area contributed by atoms with Gasteiger partial charge in [0.1, 0.15) is 6.10 Å². The molecule has 2 heterocycles. The molecule has 5 heteroatoms. The lowest BCUT2D eigenvalue weighted by molar-refractivity contribution is -0.156. The van der Waals surface area contributed by atoms with E-state index in [-0.39, 0.29) is 30.3 Å². The summed E-state index contributed by atoms with van der Waals surface area (Å²) >= 11 is 0. The van der Waals surface area contributed by atoms with Gasteiger partial charge in [0.15, 0.2) is 0 Å². The predicted octanol–water partition coefficient (Wildman–Crippen LogP) is 1.60. The number of rotatable bonds is 4. The predicted molar refractivity (Wildman–Crippen MR) is 78.0 cm³/mol. The zero-order valence-corrected chi connectivity index (χ0v) is 13.1. The fourth-order valence-electron chi connectivity index (χ4n) is 3.79. The van der Waals surface area contributed by atoms with Gasteiger partial charge in [-0.25, -0.2) is 0 Å². The lowest BCUT2D eigenvalue weighted by Crippen LogP contribution is -2.55. The lowest BCUT2D eigenvalue weighted by atomic mass is 10.0. The van der Waals surface area contributed by atoms with Crippen molar-refractivity contribution in [2.75, 3.05) is 26.4 Å². The molecule has 3 aliphatic rings. The molecule has 21 heavy (non-hydrogen) atoms. The van der Waals surface area contributed by atoms with E-state index in [2.05, 4.69) is 13.8 Å². The molecule has 120 valence electrons. The van der Waals surface area contributed by atoms with Crippen LogP contribution in [0.1, 0.15) is 39.5 Å². The molecule has 3 fully saturated rings. The molecule has 0 spiro atoms. The van der Waals surface area contributed by atoms with Crippen molar-refractivity contribution in [2.45, 2.75) is 63.9 Å². The Hall–Kier alpha value is -0.650. The normalized spacial score (nSPS) is 36.2. The molecule has 0 N–H and O–H groups in total. The van der Waals surface area contributed by atoms with Crippen LogP contribution in [0.2, 0.25) is 0 Å². The Bertz CT molecular complexity index is 367. The monoisotopic (exact) mass is 297 g/mol. The van der Waals surface area contributed by atoms with Crippen molar-refractivity contribution in [1.29, 1.82) is 0 Å². The number of nitrogens with zero attached hydrogens (tertiary/aromatic N) is 1. The minimum Gasteiger partial charge on any atom is -0.378 e. The van der Waals surface area contributed by atoms with Crippen LogP contribution in [-0.2, 0) is 19.0 Å². The summed E-state index contributed by atoms with van der Waals surface area (Å²) in [6.45, 7) is 6.92. The maximum Gasteiger partial charge on any atom is 0.252 e. The maximum absolute atomic E-state index is 12.6. The third kappa shape index (κ3) is 3.25. The Morgan fingerprint density at radius 2 is 2.10 bits per heavy atom. The van der Waals surface area contributed by atoms with Crippen LogP contribution in [0.4, 0.5) is 0 Å². The average molecular weight is 297 g/mol. The van der Waals surface area contributed by atoms with Crippen molar-refractivity contribution in [1.82, 2.24) is 4.90 Å². The number of fused-ring (bicyclic) bond motifs is 1. The number of morpholine rings is 1. The molecular weight excluding hydrogens is 270 g/mol. The summed E-state index contributed by atoms with van der Waals surface area (Å²) in [4.78, 5) is 14.7. The fourth-order valence-corrected chi connectivity index (χ4v) is 3.79. The Morgan fingerprint density at radius 1 is 1.24 bits per heavy atom. The van der Waals surface area contributed by atoms with Gasteiger partial charge in [0.25, 0.3) is 5.91 Å². The number of hydrogen-bond donors (Lipinski definition) is 0. The maximum atomic E-state index is 12.6. The van der Waals surface area contributed by atoms with Gasteiger partial charge in [-0.3, -0.25) is 4.79 Å². The number of carbonyl (C=O) groups excluding carboxylic acids is 1. The number of ether oxygens (including phenoxy) is 3. The highest BCUT2D eigenvalue weighted by Crippen LogP contribution is 2.36. The van der Waals surface area contributed by atoms with E-state index in [1.807, 2.05) is 4.90 Å². The molecular formula is C16H27NO4. The van der Waals surface area contributed by atoms with Crippen LogP contribution < -0.4 is 0 Å². The standard InChI is InChI=1S/C16H27NO4/c1-11(2)21-10-12-5-6-13-15(12)20-9-7-17(13)16(18)14-4-3-8-19-14/h11-15H,3-10H2,1-2H3/t12-,13+,14+,15+/m0/s1. The molecule has 5 nitrogen and oxygen atoms in total. The SMILES string of the molecule is CC(C)OC[C@@H]1CC[C@@H]2[C@@H]1OCCN2C(=O)[C@H]1CCCO1. The first-order chi connectivity index (χ1) is 10.2. The van der Waals surface area contributed by atoms with Crippen LogP contribution in [0.15, 0.2) is 0 Å². The molecule has 0 aromatic rings. The van der Waals surface area contributed by atoms with Crippen LogP contribution in [-0.4, -0.2) is 61.5 Å². The van der Waals surface area contributed by atoms with Gasteiger partial charge in [-0.1, -0.05) is 0 Å². The summed E-state index contributed by atoms with van der Waals surface area (Å²) in [6, 6.07) is 0.219. The van der Waals surface area contributed by atoms with E-state index >= 15 is 0 Å². The number of carbonyl (C=O) groups is 1. The zero-order chi connectivity index (χ0) is 14.8. The van der Waals surface area contributed by atoms with E-state index in [0.29, 0.717) is 19.1 Å². The van der Waals surface area contributed by atoms with Crippen molar-refractivity contribution < 1.29 is 19.0 Å². The van der Waals surface area contributed by atoms with Crippen molar-refractivity contribution in [3.8, 4) is 0 Å². The second-order valence-electron chi connectivity index (χ2n) is 6.66. The highest BCUT2D eigenvalue weighted by Gasteiger charge is 2.45.